The minimum absolute atomic E-state index is 0.00882. The number of hydrogen-bond donors (Lipinski definition) is 1. The second-order valence-electron chi connectivity index (χ2n) is 6.02. The van der Waals surface area contributed by atoms with Crippen molar-refractivity contribution in [1.29, 1.82) is 0 Å². The zero-order valence-electron chi connectivity index (χ0n) is 16.0. The smallest absolute Gasteiger partial charge is 0.338 e. The summed E-state index contributed by atoms with van der Waals surface area (Å²) in [5.41, 5.74) is 0.713. The Morgan fingerprint density at radius 3 is 2.35 bits per heavy atom. The Morgan fingerprint density at radius 1 is 1.19 bits per heavy atom. The highest BCUT2D eigenvalue weighted by Gasteiger charge is 2.24. The van der Waals surface area contributed by atoms with Gasteiger partial charge in [-0.05, 0) is 38.0 Å². The Balaban J connectivity index is 2.97. The molecule has 0 saturated heterocycles. The number of sulfonamides is 1. The Morgan fingerprint density at radius 2 is 1.81 bits per heavy atom. The molecule has 0 aromatic heterocycles. The number of rotatable bonds is 9. The number of benzene rings is 1. The van der Waals surface area contributed by atoms with Crippen molar-refractivity contribution in [1.82, 2.24) is 9.62 Å². The molecule has 0 fully saturated rings. The molecule has 0 aliphatic heterocycles. The van der Waals surface area contributed by atoms with Crippen LogP contribution in [0, 0.1) is 6.92 Å². The number of nitrogens with one attached hydrogen (secondary N) is 1. The van der Waals surface area contributed by atoms with Crippen LogP contribution in [0.2, 0.25) is 0 Å². The maximum absolute atomic E-state index is 12.6. The standard InChI is InChI=1S/C18H28N2O5S/c1-6-14(5)19-17(21)12-25-18(22)16-11-15(10-9-13(16)4)26(23,24)20(7-2)8-3/h9-11,14H,6-8,12H2,1-5H3,(H,19,21)/t14-/m1/s1. The molecule has 1 amide bonds. The van der Waals surface area contributed by atoms with Gasteiger partial charge < -0.3 is 10.1 Å². The highest BCUT2D eigenvalue weighted by molar-refractivity contribution is 7.89. The predicted octanol–water partition coefficient (Wildman–Crippen LogP) is 2.10. The second kappa shape index (κ2) is 9.68. The third kappa shape index (κ3) is 5.54. The van der Waals surface area contributed by atoms with Gasteiger partial charge in [-0.2, -0.15) is 4.31 Å². The number of ether oxygens (including phenoxy) is 1. The van der Waals surface area contributed by atoms with Gasteiger partial charge in [-0.1, -0.05) is 26.8 Å². The van der Waals surface area contributed by atoms with Gasteiger partial charge in [-0.3, -0.25) is 4.79 Å². The molecule has 0 spiro atoms. The van der Waals surface area contributed by atoms with Crippen molar-refractivity contribution in [3.63, 3.8) is 0 Å². The number of nitrogens with zero attached hydrogens (tertiary/aromatic N) is 1. The SMILES string of the molecule is CC[C@@H](C)NC(=O)COC(=O)c1cc(S(=O)(=O)N(CC)CC)ccc1C. The summed E-state index contributed by atoms with van der Waals surface area (Å²) in [5.74, 6) is -1.12. The van der Waals surface area contributed by atoms with Crippen LogP contribution in [-0.4, -0.2) is 50.3 Å². The van der Waals surface area contributed by atoms with Crippen LogP contribution in [-0.2, 0) is 19.6 Å². The lowest BCUT2D eigenvalue weighted by Gasteiger charge is -2.19. The lowest BCUT2D eigenvalue weighted by Crippen LogP contribution is -2.35. The molecule has 26 heavy (non-hydrogen) atoms. The lowest BCUT2D eigenvalue weighted by molar-refractivity contribution is -0.124. The normalized spacial score (nSPS) is 12.7. The summed E-state index contributed by atoms with van der Waals surface area (Å²) >= 11 is 0. The quantitative estimate of drug-likeness (QED) is 0.658. The van der Waals surface area contributed by atoms with E-state index in [-0.39, 0.29) is 16.5 Å². The highest BCUT2D eigenvalue weighted by Crippen LogP contribution is 2.20. The third-order valence-electron chi connectivity index (χ3n) is 4.13. The van der Waals surface area contributed by atoms with Crippen molar-refractivity contribution in [3.05, 3.63) is 29.3 Å². The van der Waals surface area contributed by atoms with E-state index in [1.165, 1.54) is 16.4 Å². The summed E-state index contributed by atoms with van der Waals surface area (Å²) in [6, 6.07) is 4.32. The fraction of sp³-hybridized carbons (Fsp3) is 0.556. The summed E-state index contributed by atoms with van der Waals surface area (Å²) in [6.07, 6.45) is 0.768. The van der Waals surface area contributed by atoms with Crippen LogP contribution in [0.5, 0.6) is 0 Å². The molecule has 8 heteroatoms. The van der Waals surface area contributed by atoms with Crippen molar-refractivity contribution in [2.24, 2.45) is 0 Å². The topological polar surface area (TPSA) is 92.8 Å². The molecule has 1 aromatic rings. The summed E-state index contributed by atoms with van der Waals surface area (Å²) in [4.78, 5) is 24.1. The van der Waals surface area contributed by atoms with E-state index in [2.05, 4.69) is 5.32 Å². The predicted molar refractivity (Wildman–Crippen MR) is 99.5 cm³/mol. The number of carbonyl (C=O) groups is 2. The Hall–Kier alpha value is -1.93. The minimum Gasteiger partial charge on any atom is -0.452 e. The Kier molecular flexibility index (Phi) is 8.23. The van der Waals surface area contributed by atoms with Crippen molar-refractivity contribution in [3.8, 4) is 0 Å². The third-order valence-corrected chi connectivity index (χ3v) is 6.17. The van der Waals surface area contributed by atoms with Crippen LogP contribution < -0.4 is 5.32 Å². The van der Waals surface area contributed by atoms with Crippen molar-refractivity contribution >= 4 is 21.9 Å². The van der Waals surface area contributed by atoms with Crippen LogP contribution in [0.3, 0.4) is 0 Å². The molecule has 0 unspecified atom stereocenters. The molecule has 1 N–H and O–H groups in total. The minimum atomic E-state index is -3.68. The van der Waals surface area contributed by atoms with Gasteiger partial charge in [0.25, 0.3) is 5.91 Å². The molecule has 0 bridgehead atoms. The number of amides is 1. The summed E-state index contributed by atoms with van der Waals surface area (Å²) in [7, 11) is -3.68. The highest BCUT2D eigenvalue weighted by atomic mass is 32.2. The molecule has 0 heterocycles. The molecule has 7 nitrogen and oxygen atoms in total. The molecule has 146 valence electrons. The van der Waals surface area contributed by atoms with Gasteiger partial charge in [-0.25, -0.2) is 13.2 Å². The zero-order valence-corrected chi connectivity index (χ0v) is 16.9. The first-order valence-electron chi connectivity index (χ1n) is 8.74. The fourth-order valence-electron chi connectivity index (χ4n) is 2.32. The van der Waals surface area contributed by atoms with E-state index in [0.717, 1.165) is 6.42 Å². The molecular formula is C18H28N2O5S. The van der Waals surface area contributed by atoms with E-state index < -0.39 is 28.5 Å². The second-order valence-corrected chi connectivity index (χ2v) is 7.96. The number of aryl methyl sites for hydroxylation is 1. The van der Waals surface area contributed by atoms with Crippen LogP contribution in [0.4, 0.5) is 0 Å². The molecule has 1 aromatic carbocycles. The monoisotopic (exact) mass is 384 g/mol. The van der Waals surface area contributed by atoms with Gasteiger partial charge in [0.2, 0.25) is 10.0 Å². The average Bonchev–Trinajstić information content (AvgIpc) is 2.60. The fourth-order valence-corrected chi connectivity index (χ4v) is 3.81. The summed E-state index contributed by atoms with van der Waals surface area (Å²) < 4.78 is 31.6. The van der Waals surface area contributed by atoms with Gasteiger partial charge in [0.1, 0.15) is 0 Å². The maximum atomic E-state index is 12.6. The van der Waals surface area contributed by atoms with Crippen LogP contribution in [0.25, 0.3) is 0 Å². The van der Waals surface area contributed by atoms with Gasteiger partial charge >= 0.3 is 5.97 Å². The average molecular weight is 384 g/mol. The number of carbonyl (C=O) groups excluding carboxylic acids is 2. The first-order valence-corrected chi connectivity index (χ1v) is 10.2. The Bertz CT molecular complexity index is 742. The van der Waals surface area contributed by atoms with E-state index >= 15 is 0 Å². The molecule has 0 saturated carbocycles. The largest absolute Gasteiger partial charge is 0.452 e. The molecule has 0 aliphatic rings. The van der Waals surface area contributed by atoms with Crippen LogP contribution in [0.15, 0.2) is 23.1 Å². The van der Waals surface area contributed by atoms with Crippen molar-refractivity contribution in [2.45, 2.75) is 52.0 Å². The van der Waals surface area contributed by atoms with E-state index in [9.17, 15) is 18.0 Å². The molecule has 0 aliphatic carbocycles. The number of esters is 1. The Labute approximate surface area is 155 Å². The van der Waals surface area contributed by atoms with E-state index in [0.29, 0.717) is 18.7 Å². The first-order chi connectivity index (χ1) is 12.2. The van der Waals surface area contributed by atoms with E-state index in [4.69, 9.17) is 4.74 Å². The maximum Gasteiger partial charge on any atom is 0.338 e. The van der Waals surface area contributed by atoms with Crippen LogP contribution in [0.1, 0.15) is 50.0 Å². The van der Waals surface area contributed by atoms with Crippen LogP contribution >= 0.6 is 0 Å². The number of hydrogen-bond acceptors (Lipinski definition) is 5. The zero-order chi connectivity index (χ0) is 19.9. The van der Waals surface area contributed by atoms with E-state index in [1.54, 1.807) is 26.8 Å². The van der Waals surface area contributed by atoms with Gasteiger partial charge in [0.05, 0.1) is 10.5 Å². The lowest BCUT2D eigenvalue weighted by atomic mass is 10.1. The molecule has 1 atom stereocenters. The van der Waals surface area contributed by atoms with Gasteiger partial charge in [0, 0.05) is 19.1 Å². The van der Waals surface area contributed by atoms with Crippen molar-refractivity contribution < 1.29 is 22.7 Å². The van der Waals surface area contributed by atoms with Crippen molar-refractivity contribution in [2.75, 3.05) is 19.7 Å². The van der Waals surface area contributed by atoms with Gasteiger partial charge in [-0.15, -0.1) is 0 Å². The molecule has 0 radical (unpaired) electrons. The van der Waals surface area contributed by atoms with E-state index in [1.807, 2.05) is 13.8 Å². The van der Waals surface area contributed by atoms with Gasteiger partial charge in [0.15, 0.2) is 6.61 Å². The first kappa shape index (κ1) is 22.1. The summed E-state index contributed by atoms with van der Waals surface area (Å²) in [6.45, 7) is 9.23. The summed E-state index contributed by atoms with van der Waals surface area (Å²) in [5, 5.41) is 2.70. The molecular weight excluding hydrogens is 356 g/mol. The molecule has 1 rings (SSSR count).